The van der Waals surface area contributed by atoms with E-state index in [4.69, 9.17) is 4.74 Å². The van der Waals surface area contributed by atoms with Crippen LogP contribution in [0.15, 0.2) is 40.7 Å². The van der Waals surface area contributed by atoms with Gasteiger partial charge in [-0.05, 0) is 12.1 Å². The van der Waals surface area contributed by atoms with Gasteiger partial charge >= 0.3 is 0 Å². The van der Waals surface area contributed by atoms with Crippen molar-refractivity contribution in [1.29, 1.82) is 0 Å². The second-order valence-electron chi connectivity index (χ2n) is 3.77. The van der Waals surface area contributed by atoms with Crippen LogP contribution in [0.5, 0.6) is 0 Å². The zero-order valence-corrected chi connectivity index (χ0v) is 12.2. The molecule has 8 heteroatoms. The van der Waals surface area contributed by atoms with E-state index in [-0.39, 0.29) is 11.6 Å². The second kappa shape index (κ2) is 6.12. The number of aromatic nitrogens is 1. The fourth-order valence-electron chi connectivity index (χ4n) is 1.53. The smallest absolute Gasteiger partial charge is 0.268 e. The van der Waals surface area contributed by atoms with Crippen LogP contribution in [0, 0.1) is 0 Å². The summed E-state index contributed by atoms with van der Waals surface area (Å²) in [4.78, 5) is 14.7. The Morgan fingerprint density at radius 2 is 2.05 bits per heavy atom. The fourth-order valence-corrected chi connectivity index (χ4v) is 3.72. The van der Waals surface area contributed by atoms with Crippen molar-refractivity contribution >= 4 is 32.8 Å². The molecule has 2 aromatic rings. The molecule has 6 nitrogen and oxygen atoms in total. The van der Waals surface area contributed by atoms with Gasteiger partial charge in [-0.1, -0.05) is 12.1 Å². The Balaban J connectivity index is 2.42. The van der Waals surface area contributed by atoms with Crippen molar-refractivity contribution in [2.24, 2.45) is 0 Å². The molecule has 0 spiro atoms. The van der Waals surface area contributed by atoms with Gasteiger partial charge in [-0.15, -0.1) is 11.3 Å². The molecule has 0 saturated carbocycles. The van der Waals surface area contributed by atoms with Crippen molar-refractivity contribution < 1.29 is 17.9 Å². The number of methoxy groups -OCH3 is 1. The SMILES string of the molecule is COCN(c1nccs1)S(=O)(=O)c1ccc(C=O)cc1. The lowest BCUT2D eigenvalue weighted by Crippen LogP contribution is -2.32. The van der Waals surface area contributed by atoms with Crippen molar-refractivity contribution in [3.8, 4) is 0 Å². The van der Waals surface area contributed by atoms with Gasteiger partial charge in [0.1, 0.15) is 13.0 Å². The van der Waals surface area contributed by atoms with Gasteiger partial charge in [0.25, 0.3) is 10.0 Å². The molecule has 0 unspecified atom stereocenters. The molecule has 0 atom stereocenters. The van der Waals surface area contributed by atoms with Gasteiger partial charge in [0, 0.05) is 24.3 Å². The monoisotopic (exact) mass is 312 g/mol. The quantitative estimate of drug-likeness (QED) is 0.600. The van der Waals surface area contributed by atoms with Crippen molar-refractivity contribution in [2.75, 3.05) is 18.1 Å². The van der Waals surface area contributed by atoms with Gasteiger partial charge < -0.3 is 4.74 Å². The van der Waals surface area contributed by atoms with E-state index in [1.54, 1.807) is 5.38 Å². The summed E-state index contributed by atoms with van der Waals surface area (Å²) in [5.41, 5.74) is 0.413. The van der Waals surface area contributed by atoms with Crippen LogP contribution < -0.4 is 4.31 Å². The fraction of sp³-hybridized carbons (Fsp3) is 0.167. The highest BCUT2D eigenvalue weighted by molar-refractivity contribution is 7.93. The van der Waals surface area contributed by atoms with E-state index in [2.05, 4.69) is 4.98 Å². The van der Waals surface area contributed by atoms with E-state index in [9.17, 15) is 13.2 Å². The molecule has 1 aromatic carbocycles. The predicted octanol–water partition coefficient (Wildman–Crippen LogP) is 1.75. The summed E-state index contributed by atoms with van der Waals surface area (Å²) in [5.74, 6) is 0. The van der Waals surface area contributed by atoms with Crippen LogP contribution in [0.4, 0.5) is 5.13 Å². The lowest BCUT2D eigenvalue weighted by atomic mass is 10.2. The Bertz CT molecular complexity index is 666. The number of carbonyl (C=O) groups excluding carboxylic acids is 1. The minimum atomic E-state index is -3.77. The first-order valence-corrected chi connectivity index (χ1v) is 7.88. The summed E-state index contributed by atoms with van der Waals surface area (Å²) < 4.78 is 31.1. The number of benzene rings is 1. The highest BCUT2D eigenvalue weighted by atomic mass is 32.2. The Hall–Kier alpha value is -1.77. The van der Waals surface area contributed by atoms with Crippen LogP contribution >= 0.6 is 11.3 Å². The van der Waals surface area contributed by atoms with Gasteiger partial charge in [0.05, 0.1) is 4.90 Å². The van der Waals surface area contributed by atoms with Crippen LogP contribution in [-0.2, 0) is 14.8 Å². The van der Waals surface area contributed by atoms with Crippen LogP contribution in [0.2, 0.25) is 0 Å². The number of nitrogens with zero attached hydrogens (tertiary/aromatic N) is 2. The van der Waals surface area contributed by atoms with E-state index in [1.807, 2.05) is 0 Å². The number of ether oxygens (including phenoxy) is 1. The van der Waals surface area contributed by atoms with Gasteiger partial charge in [0.2, 0.25) is 5.13 Å². The van der Waals surface area contributed by atoms with Crippen LogP contribution in [-0.4, -0.2) is 33.5 Å². The molecule has 0 radical (unpaired) electrons. The Labute approximate surface area is 120 Å². The normalized spacial score (nSPS) is 11.2. The highest BCUT2D eigenvalue weighted by Gasteiger charge is 2.26. The number of rotatable bonds is 6. The first-order valence-electron chi connectivity index (χ1n) is 5.56. The van der Waals surface area contributed by atoms with Gasteiger partial charge in [-0.3, -0.25) is 4.79 Å². The largest absolute Gasteiger partial charge is 0.363 e. The van der Waals surface area contributed by atoms with Gasteiger partial charge in [-0.25, -0.2) is 17.7 Å². The third-order valence-electron chi connectivity index (χ3n) is 2.48. The van der Waals surface area contributed by atoms with Crippen molar-refractivity contribution in [3.05, 3.63) is 41.4 Å². The molecule has 2 rings (SSSR count). The minimum absolute atomic E-state index is 0.0790. The molecule has 0 aliphatic rings. The Kier molecular flexibility index (Phi) is 4.48. The van der Waals surface area contributed by atoms with Crippen LogP contribution in [0.25, 0.3) is 0 Å². The molecule has 0 bridgehead atoms. The maximum absolute atomic E-state index is 12.5. The summed E-state index contributed by atoms with van der Waals surface area (Å²) >= 11 is 1.20. The number of thiazole rings is 1. The number of hydrogen-bond acceptors (Lipinski definition) is 6. The molecule has 0 aliphatic carbocycles. The number of hydrogen-bond donors (Lipinski definition) is 0. The van der Waals surface area contributed by atoms with Crippen molar-refractivity contribution in [3.63, 3.8) is 0 Å². The average Bonchev–Trinajstić information content (AvgIpc) is 2.98. The maximum Gasteiger partial charge on any atom is 0.268 e. The van der Waals surface area contributed by atoms with E-state index in [0.717, 1.165) is 4.31 Å². The van der Waals surface area contributed by atoms with Gasteiger partial charge in [0.15, 0.2) is 0 Å². The molecular weight excluding hydrogens is 300 g/mol. The third kappa shape index (κ3) is 2.87. The molecule has 0 saturated heterocycles. The first kappa shape index (κ1) is 14.6. The zero-order valence-electron chi connectivity index (χ0n) is 10.6. The molecule has 106 valence electrons. The van der Waals surface area contributed by atoms with E-state index in [1.165, 1.54) is 48.9 Å². The highest BCUT2D eigenvalue weighted by Crippen LogP contribution is 2.25. The molecule has 0 amide bonds. The lowest BCUT2D eigenvalue weighted by Gasteiger charge is -2.20. The predicted molar refractivity (Wildman–Crippen MR) is 75.5 cm³/mol. The molecule has 1 heterocycles. The summed E-state index contributed by atoms with van der Waals surface area (Å²) in [6, 6.07) is 5.67. The molecule has 0 aliphatic heterocycles. The molecule has 0 fully saturated rings. The number of aldehydes is 1. The Morgan fingerprint density at radius 3 is 2.55 bits per heavy atom. The summed E-state index contributed by atoms with van der Waals surface area (Å²) in [7, 11) is -2.36. The van der Waals surface area contributed by atoms with Crippen LogP contribution in [0.3, 0.4) is 0 Å². The number of carbonyl (C=O) groups is 1. The molecule has 0 N–H and O–H groups in total. The third-order valence-corrected chi connectivity index (χ3v) is 5.12. The molecule has 1 aromatic heterocycles. The Morgan fingerprint density at radius 1 is 1.35 bits per heavy atom. The van der Waals surface area contributed by atoms with Gasteiger partial charge in [-0.2, -0.15) is 0 Å². The molecule has 20 heavy (non-hydrogen) atoms. The first-order chi connectivity index (χ1) is 9.59. The van der Waals surface area contributed by atoms with E-state index < -0.39 is 10.0 Å². The molecular formula is C12H12N2O4S2. The topological polar surface area (TPSA) is 76.6 Å². The van der Waals surface area contributed by atoms with Crippen LogP contribution in [0.1, 0.15) is 10.4 Å². The van der Waals surface area contributed by atoms with E-state index >= 15 is 0 Å². The summed E-state index contributed by atoms with van der Waals surface area (Å²) in [5, 5.41) is 2.01. The van der Waals surface area contributed by atoms with Crippen molar-refractivity contribution in [2.45, 2.75) is 4.90 Å². The second-order valence-corrected chi connectivity index (χ2v) is 6.51. The minimum Gasteiger partial charge on any atom is -0.363 e. The standard InChI is InChI=1S/C12H12N2O4S2/c1-18-9-14(12-13-6-7-19-12)20(16,17)11-4-2-10(8-15)3-5-11/h2-8H,9H2,1H3. The maximum atomic E-state index is 12.5. The van der Waals surface area contributed by atoms with Crippen molar-refractivity contribution in [1.82, 2.24) is 4.98 Å². The number of anilines is 1. The zero-order chi connectivity index (χ0) is 14.6. The number of sulfonamides is 1. The summed E-state index contributed by atoms with van der Waals surface area (Å²) in [6.45, 7) is -0.134. The van der Waals surface area contributed by atoms with E-state index in [0.29, 0.717) is 17.0 Å². The summed E-state index contributed by atoms with van der Waals surface area (Å²) in [6.07, 6.45) is 2.18. The lowest BCUT2D eigenvalue weighted by molar-refractivity contribution is 0.112. The average molecular weight is 312 g/mol.